The van der Waals surface area contributed by atoms with E-state index in [0.29, 0.717) is 0 Å². The molecule has 0 saturated heterocycles. The van der Waals surface area contributed by atoms with Crippen molar-refractivity contribution in [2.45, 2.75) is 25.6 Å². The third-order valence-corrected chi connectivity index (χ3v) is 2.46. The first-order valence-electron chi connectivity index (χ1n) is 4.87. The Morgan fingerprint density at radius 3 is 2.11 bits per heavy atom. The highest BCUT2D eigenvalue weighted by atomic mass is 35.5. The SMILES string of the molecule is COC(=O)[C@](/C=C/Cl)(NC(=O)C(F)(F)F)C(C)C. The molecule has 0 aromatic carbocycles. The molecular formula is C10H13ClF3NO3. The van der Waals surface area contributed by atoms with Crippen molar-refractivity contribution in [1.82, 2.24) is 5.32 Å². The maximum absolute atomic E-state index is 12.2. The summed E-state index contributed by atoms with van der Waals surface area (Å²) in [5.41, 5.74) is -1.10. The molecule has 0 aliphatic rings. The summed E-state index contributed by atoms with van der Waals surface area (Å²) in [5.74, 6) is -3.96. The Bertz CT molecular complexity index is 355. The summed E-state index contributed by atoms with van der Waals surface area (Å²) in [6.45, 7) is 2.90. The van der Waals surface area contributed by atoms with Crippen molar-refractivity contribution >= 4 is 23.5 Å². The topological polar surface area (TPSA) is 55.4 Å². The summed E-state index contributed by atoms with van der Waals surface area (Å²) >= 11 is 5.31. The van der Waals surface area contributed by atoms with Crippen molar-refractivity contribution in [3.8, 4) is 0 Å². The lowest BCUT2D eigenvalue weighted by Gasteiger charge is -2.32. The van der Waals surface area contributed by atoms with Gasteiger partial charge in [0.25, 0.3) is 0 Å². The van der Waals surface area contributed by atoms with Crippen LogP contribution >= 0.6 is 11.6 Å². The van der Waals surface area contributed by atoms with Crippen LogP contribution in [0.1, 0.15) is 13.8 Å². The number of amides is 1. The van der Waals surface area contributed by atoms with Crippen LogP contribution in [0.2, 0.25) is 0 Å². The van der Waals surface area contributed by atoms with Gasteiger partial charge in [0.05, 0.1) is 7.11 Å². The van der Waals surface area contributed by atoms with E-state index in [1.54, 1.807) is 5.32 Å². The van der Waals surface area contributed by atoms with E-state index in [9.17, 15) is 22.8 Å². The minimum atomic E-state index is -5.10. The van der Waals surface area contributed by atoms with Gasteiger partial charge in [-0.05, 0) is 12.0 Å². The van der Waals surface area contributed by atoms with E-state index in [4.69, 9.17) is 11.6 Å². The first-order valence-corrected chi connectivity index (χ1v) is 5.31. The molecule has 1 atom stereocenters. The number of hydrogen-bond acceptors (Lipinski definition) is 3. The maximum Gasteiger partial charge on any atom is 0.471 e. The highest BCUT2D eigenvalue weighted by Crippen LogP contribution is 2.24. The van der Waals surface area contributed by atoms with Crippen LogP contribution in [0.25, 0.3) is 0 Å². The molecule has 0 fully saturated rings. The first-order chi connectivity index (χ1) is 8.11. The highest BCUT2D eigenvalue weighted by Gasteiger charge is 2.48. The van der Waals surface area contributed by atoms with Gasteiger partial charge in [-0.15, -0.1) is 0 Å². The van der Waals surface area contributed by atoms with Crippen LogP contribution in [-0.4, -0.2) is 30.7 Å². The Hall–Kier alpha value is -1.24. The molecule has 0 rings (SSSR count). The van der Waals surface area contributed by atoms with Crippen LogP contribution in [0, 0.1) is 5.92 Å². The molecule has 0 bridgehead atoms. The average Bonchev–Trinajstić information content (AvgIpc) is 2.25. The van der Waals surface area contributed by atoms with Crippen LogP contribution in [0.4, 0.5) is 13.2 Å². The molecule has 8 heteroatoms. The summed E-state index contributed by atoms with van der Waals surface area (Å²) in [4.78, 5) is 22.6. The predicted octanol–water partition coefficient (Wildman–Crippen LogP) is 1.99. The molecule has 18 heavy (non-hydrogen) atoms. The molecule has 0 aromatic rings. The fraction of sp³-hybridized carbons (Fsp3) is 0.600. The fourth-order valence-corrected chi connectivity index (χ4v) is 1.46. The minimum absolute atomic E-state index is 0.689. The van der Waals surface area contributed by atoms with Crippen molar-refractivity contribution in [2.75, 3.05) is 7.11 Å². The summed E-state index contributed by atoms with van der Waals surface area (Å²) in [7, 11) is 1.00. The number of halogens is 4. The van der Waals surface area contributed by atoms with Crippen LogP contribution in [0.15, 0.2) is 11.6 Å². The molecule has 0 spiro atoms. The fourth-order valence-electron chi connectivity index (χ4n) is 1.26. The van der Waals surface area contributed by atoms with Gasteiger partial charge in [-0.2, -0.15) is 13.2 Å². The Morgan fingerprint density at radius 2 is 1.83 bits per heavy atom. The summed E-state index contributed by atoms with van der Waals surface area (Å²) in [6.07, 6.45) is -4.15. The molecule has 104 valence electrons. The summed E-state index contributed by atoms with van der Waals surface area (Å²) < 4.78 is 41.1. The first kappa shape index (κ1) is 16.8. The van der Waals surface area contributed by atoms with Gasteiger partial charge in [0.15, 0.2) is 5.54 Å². The van der Waals surface area contributed by atoms with Crippen molar-refractivity contribution in [1.29, 1.82) is 0 Å². The highest BCUT2D eigenvalue weighted by molar-refractivity contribution is 6.25. The molecule has 1 N–H and O–H groups in total. The summed E-state index contributed by atoms with van der Waals surface area (Å²) in [5, 5.41) is 1.61. The smallest absolute Gasteiger partial charge is 0.467 e. The number of hydrogen-bond donors (Lipinski definition) is 1. The zero-order chi connectivity index (χ0) is 14.6. The molecular weight excluding hydrogens is 275 g/mol. The molecule has 0 unspecified atom stereocenters. The molecule has 0 aliphatic carbocycles. The molecule has 0 aliphatic heterocycles. The van der Waals surface area contributed by atoms with E-state index >= 15 is 0 Å². The number of carbonyl (C=O) groups is 2. The van der Waals surface area contributed by atoms with Gasteiger partial charge in [-0.3, -0.25) is 4.79 Å². The molecule has 4 nitrogen and oxygen atoms in total. The maximum atomic E-state index is 12.2. The van der Waals surface area contributed by atoms with E-state index in [0.717, 1.165) is 18.7 Å². The number of rotatable bonds is 4. The molecule has 1 amide bonds. The second-order valence-electron chi connectivity index (χ2n) is 3.76. The number of carbonyl (C=O) groups excluding carboxylic acids is 2. The largest absolute Gasteiger partial charge is 0.471 e. The van der Waals surface area contributed by atoms with Crippen molar-refractivity contribution < 1.29 is 27.5 Å². The number of alkyl halides is 3. The second-order valence-corrected chi connectivity index (χ2v) is 4.01. The van der Waals surface area contributed by atoms with Crippen LogP contribution < -0.4 is 5.32 Å². The van der Waals surface area contributed by atoms with Gasteiger partial charge >= 0.3 is 18.1 Å². The second kappa shape index (κ2) is 6.08. The molecule has 0 radical (unpaired) electrons. The number of methoxy groups -OCH3 is 1. The zero-order valence-corrected chi connectivity index (χ0v) is 10.7. The third-order valence-electron chi connectivity index (χ3n) is 2.34. The Balaban J connectivity index is 5.47. The van der Waals surface area contributed by atoms with Crippen LogP contribution in [0.3, 0.4) is 0 Å². The standard InChI is InChI=1S/C10H13ClF3NO3/c1-6(2)9(4-5-11,8(17)18-3)15-7(16)10(12,13)14/h4-6H,1-3H3,(H,15,16)/b5-4+/t9-/m1/s1. The third kappa shape index (κ3) is 3.63. The minimum Gasteiger partial charge on any atom is -0.467 e. The van der Waals surface area contributed by atoms with Crippen LogP contribution in [-0.2, 0) is 14.3 Å². The molecule has 0 saturated carbocycles. The average molecular weight is 288 g/mol. The summed E-state index contributed by atoms with van der Waals surface area (Å²) in [6, 6.07) is 0. The van der Waals surface area contributed by atoms with E-state index in [2.05, 4.69) is 4.74 Å². The molecule has 0 heterocycles. The van der Waals surface area contributed by atoms with Gasteiger partial charge in [-0.1, -0.05) is 25.4 Å². The van der Waals surface area contributed by atoms with E-state index in [1.165, 1.54) is 13.8 Å². The lowest BCUT2D eigenvalue weighted by Crippen LogP contribution is -2.60. The van der Waals surface area contributed by atoms with Gasteiger partial charge in [0.2, 0.25) is 0 Å². The molecule has 0 aromatic heterocycles. The monoisotopic (exact) mass is 287 g/mol. The predicted molar refractivity (Wildman–Crippen MR) is 58.8 cm³/mol. The Labute approximate surface area is 107 Å². The van der Waals surface area contributed by atoms with Crippen LogP contribution in [0.5, 0.6) is 0 Å². The van der Waals surface area contributed by atoms with E-state index in [-0.39, 0.29) is 0 Å². The van der Waals surface area contributed by atoms with Gasteiger partial charge in [0.1, 0.15) is 0 Å². The van der Waals surface area contributed by atoms with E-state index in [1.807, 2.05) is 0 Å². The van der Waals surface area contributed by atoms with Crippen molar-refractivity contribution in [2.24, 2.45) is 5.92 Å². The van der Waals surface area contributed by atoms with Crippen molar-refractivity contribution in [3.63, 3.8) is 0 Å². The van der Waals surface area contributed by atoms with Gasteiger partial charge in [-0.25, -0.2) is 4.79 Å². The zero-order valence-electron chi connectivity index (χ0n) is 9.97. The normalized spacial score (nSPS) is 15.6. The Morgan fingerprint density at radius 1 is 1.33 bits per heavy atom. The van der Waals surface area contributed by atoms with E-state index < -0.39 is 29.5 Å². The lowest BCUT2D eigenvalue weighted by molar-refractivity contribution is -0.178. The van der Waals surface area contributed by atoms with Gasteiger partial charge in [0, 0.05) is 5.54 Å². The number of ether oxygens (including phenoxy) is 1. The van der Waals surface area contributed by atoms with Gasteiger partial charge < -0.3 is 10.1 Å². The lowest BCUT2D eigenvalue weighted by atomic mass is 9.86. The number of esters is 1. The Kier molecular flexibility index (Phi) is 5.66. The quantitative estimate of drug-likeness (QED) is 0.805. The van der Waals surface area contributed by atoms with Crippen molar-refractivity contribution in [3.05, 3.63) is 11.6 Å². The number of nitrogens with one attached hydrogen (secondary N) is 1.